The van der Waals surface area contributed by atoms with Gasteiger partial charge < -0.3 is 14.5 Å². The lowest BCUT2D eigenvalue weighted by Gasteiger charge is -2.40. The van der Waals surface area contributed by atoms with Crippen LogP contribution in [0.25, 0.3) is 0 Å². The number of piperazine rings is 1. The molecule has 0 aliphatic carbocycles. The number of hydrogen-bond donors (Lipinski definition) is 2. The van der Waals surface area contributed by atoms with Crippen LogP contribution in [-0.2, 0) is 11.3 Å². The number of amides is 2. The summed E-state index contributed by atoms with van der Waals surface area (Å²) in [7, 11) is 0. The van der Waals surface area contributed by atoms with Gasteiger partial charge in [0, 0.05) is 57.7 Å². The summed E-state index contributed by atoms with van der Waals surface area (Å²) < 4.78 is 48.1. The Labute approximate surface area is 250 Å². The summed E-state index contributed by atoms with van der Waals surface area (Å²) in [5, 5.41) is 0.556. The Morgan fingerprint density at radius 2 is 1.86 bits per heavy atom. The Kier molecular flexibility index (Phi) is 8.12. The number of benzene rings is 1. The molecule has 0 radical (unpaired) electrons. The van der Waals surface area contributed by atoms with E-state index in [0.717, 1.165) is 16.9 Å². The van der Waals surface area contributed by atoms with Crippen molar-refractivity contribution >= 4 is 29.2 Å². The van der Waals surface area contributed by atoms with Crippen LogP contribution in [0, 0.1) is 5.92 Å². The molecule has 2 N–H and O–H groups in total. The first-order valence-electron chi connectivity index (χ1n) is 13.9. The van der Waals surface area contributed by atoms with Crippen molar-refractivity contribution in [2.45, 2.75) is 24.8 Å². The molecule has 3 aromatic rings. The molecule has 3 aliphatic rings. The number of carbonyl (C=O) groups is 2. The van der Waals surface area contributed by atoms with Gasteiger partial charge >= 0.3 is 6.18 Å². The van der Waals surface area contributed by atoms with Gasteiger partial charge in [-0.05, 0) is 29.3 Å². The molecule has 1 aromatic carbocycles. The molecule has 6 rings (SSSR count). The molecule has 2 saturated heterocycles. The van der Waals surface area contributed by atoms with Crippen LogP contribution >= 0.6 is 11.6 Å². The van der Waals surface area contributed by atoms with Crippen molar-refractivity contribution in [2.75, 3.05) is 44.2 Å². The second-order valence-corrected chi connectivity index (χ2v) is 11.1. The van der Waals surface area contributed by atoms with Gasteiger partial charge in [0.25, 0.3) is 5.91 Å². The molecule has 226 valence electrons. The third-order valence-electron chi connectivity index (χ3n) is 8.11. The molecule has 3 atom stereocenters. The fourth-order valence-corrected chi connectivity index (χ4v) is 6.09. The SMILES string of the molecule is O=C1NNCC(N2Cc3ccccc3C2COc2cncc(C(=O)N3CCN(c4ccc(Cl)cn4)CC3)c2)C1C(F)(F)F. The van der Waals surface area contributed by atoms with E-state index in [0.29, 0.717) is 42.5 Å². The molecule has 2 fully saturated rings. The molecule has 43 heavy (non-hydrogen) atoms. The van der Waals surface area contributed by atoms with Crippen LogP contribution in [0.2, 0.25) is 5.02 Å². The van der Waals surface area contributed by atoms with Crippen molar-refractivity contribution in [3.63, 3.8) is 0 Å². The van der Waals surface area contributed by atoms with E-state index >= 15 is 0 Å². The van der Waals surface area contributed by atoms with Crippen LogP contribution in [0.3, 0.4) is 0 Å². The van der Waals surface area contributed by atoms with Crippen LogP contribution < -0.4 is 20.5 Å². The van der Waals surface area contributed by atoms with Gasteiger partial charge in [0.05, 0.1) is 22.8 Å². The number of aromatic nitrogens is 2. The zero-order chi connectivity index (χ0) is 30.1. The minimum absolute atomic E-state index is 0.00575. The summed E-state index contributed by atoms with van der Waals surface area (Å²) in [6, 6.07) is 10.9. The van der Waals surface area contributed by atoms with Crippen LogP contribution in [0.15, 0.2) is 61.1 Å². The first kappa shape index (κ1) is 29.1. The second-order valence-electron chi connectivity index (χ2n) is 10.7. The maximum atomic E-state index is 14.0. The van der Waals surface area contributed by atoms with Crippen LogP contribution in [-0.4, -0.2) is 83.1 Å². The summed E-state index contributed by atoms with van der Waals surface area (Å²) in [6.07, 6.45) is -0.182. The van der Waals surface area contributed by atoms with E-state index in [1.54, 1.807) is 28.1 Å². The quantitative estimate of drug-likeness (QED) is 0.436. The number of halogens is 4. The minimum Gasteiger partial charge on any atom is -0.490 e. The number of hydrazine groups is 1. The standard InChI is InChI=1S/C29H29ClF3N7O3/c30-20-5-6-25(35-13-20)38-7-9-39(10-8-38)28(42)19-11-21(14-34-12-19)43-17-24-22-4-2-1-3-18(22)16-40(24)23-15-36-37-27(41)26(23)29(31,32)33/h1-6,11-14,23-24,26,36H,7-10,15-17H2,(H,37,41). The molecule has 0 saturated carbocycles. The first-order valence-corrected chi connectivity index (χ1v) is 14.2. The predicted octanol–water partition coefficient (Wildman–Crippen LogP) is 3.21. The third-order valence-corrected chi connectivity index (χ3v) is 8.33. The molecule has 0 spiro atoms. The predicted molar refractivity (Wildman–Crippen MR) is 151 cm³/mol. The topological polar surface area (TPSA) is 103 Å². The zero-order valence-corrected chi connectivity index (χ0v) is 23.7. The van der Waals surface area contributed by atoms with E-state index < -0.39 is 30.1 Å². The Balaban J connectivity index is 1.14. The van der Waals surface area contributed by atoms with Gasteiger partial charge in [0.2, 0.25) is 5.91 Å². The number of carbonyl (C=O) groups excluding carboxylic acids is 2. The fraction of sp³-hybridized carbons (Fsp3) is 0.379. The number of ether oxygens (including phenoxy) is 1. The van der Waals surface area contributed by atoms with Crippen molar-refractivity contribution in [1.82, 2.24) is 30.6 Å². The van der Waals surface area contributed by atoms with Gasteiger partial charge in [-0.1, -0.05) is 35.9 Å². The van der Waals surface area contributed by atoms with Crippen molar-refractivity contribution in [3.8, 4) is 5.75 Å². The van der Waals surface area contributed by atoms with Gasteiger partial charge in [-0.2, -0.15) is 13.2 Å². The number of pyridine rings is 2. The molecule has 2 aromatic heterocycles. The summed E-state index contributed by atoms with van der Waals surface area (Å²) in [5.74, 6) is -2.38. The molecule has 14 heteroatoms. The van der Waals surface area contributed by atoms with E-state index in [1.165, 1.54) is 12.4 Å². The lowest BCUT2D eigenvalue weighted by atomic mass is 9.94. The molecular weight excluding hydrogens is 587 g/mol. The number of hydrogen-bond acceptors (Lipinski definition) is 8. The highest BCUT2D eigenvalue weighted by Gasteiger charge is 2.55. The summed E-state index contributed by atoms with van der Waals surface area (Å²) in [4.78, 5) is 39.6. The number of nitrogens with one attached hydrogen (secondary N) is 2. The van der Waals surface area contributed by atoms with Crippen LogP contribution in [0.1, 0.15) is 27.5 Å². The van der Waals surface area contributed by atoms with E-state index in [-0.39, 0.29) is 25.6 Å². The summed E-state index contributed by atoms with van der Waals surface area (Å²) >= 11 is 5.94. The molecular formula is C29H29ClF3N7O3. The molecule has 0 bridgehead atoms. The molecule has 5 heterocycles. The number of rotatable bonds is 6. The number of anilines is 1. The van der Waals surface area contributed by atoms with Gasteiger partial charge in [-0.15, -0.1) is 0 Å². The number of nitrogens with zero attached hydrogens (tertiary/aromatic N) is 5. The highest BCUT2D eigenvalue weighted by atomic mass is 35.5. The molecule has 10 nitrogen and oxygen atoms in total. The molecule has 3 aliphatic heterocycles. The Bertz CT molecular complexity index is 1480. The molecule has 2 amide bonds. The van der Waals surface area contributed by atoms with Gasteiger partial charge in [0.1, 0.15) is 18.2 Å². The van der Waals surface area contributed by atoms with Crippen molar-refractivity contribution < 1.29 is 27.5 Å². The Hall–Kier alpha value is -3.94. The highest BCUT2D eigenvalue weighted by molar-refractivity contribution is 6.30. The minimum atomic E-state index is -4.72. The third kappa shape index (κ3) is 6.10. The van der Waals surface area contributed by atoms with Crippen molar-refractivity contribution in [3.05, 3.63) is 82.8 Å². The maximum absolute atomic E-state index is 14.0. The van der Waals surface area contributed by atoms with E-state index in [4.69, 9.17) is 16.3 Å². The lowest BCUT2D eigenvalue weighted by molar-refractivity contribution is -0.202. The Morgan fingerprint density at radius 3 is 2.60 bits per heavy atom. The van der Waals surface area contributed by atoms with E-state index in [2.05, 4.69) is 25.7 Å². The Morgan fingerprint density at radius 1 is 1.07 bits per heavy atom. The smallest absolute Gasteiger partial charge is 0.402 e. The first-order chi connectivity index (χ1) is 20.7. The normalized spacial score (nSPS) is 22.7. The fourth-order valence-electron chi connectivity index (χ4n) is 5.98. The largest absolute Gasteiger partial charge is 0.490 e. The average Bonchev–Trinajstić information content (AvgIpc) is 3.38. The monoisotopic (exact) mass is 615 g/mol. The highest BCUT2D eigenvalue weighted by Crippen LogP contribution is 2.41. The van der Waals surface area contributed by atoms with Crippen molar-refractivity contribution in [2.24, 2.45) is 5.92 Å². The van der Waals surface area contributed by atoms with E-state index in [9.17, 15) is 22.8 Å². The molecule has 3 unspecified atom stereocenters. The zero-order valence-electron chi connectivity index (χ0n) is 22.9. The maximum Gasteiger partial charge on any atom is 0.402 e. The van der Waals surface area contributed by atoms with Crippen molar-refractivity contribution in [1.29, 1.82) is 0 Å². The number of alkyl halides is 3. The van der Waals surface area contributed by atoms with Gasteiger partial charge in [-0.3, -0.25) is 24.9 Å². The summed E-state index contributed by atoms with van der Waals surface area (Å²) in [5.41, 5.74) is 6.79. The second kappa shape index (κ2) is 12.0. The average molecular weight is 616 g/mol. The summed E-state index contributed by atoms with van der Waals surface area (Å²) in [6.45, 7) is 2.36. The van der Waals surface area contributed by atoms with Gasteiger partial charge in [-0.25, -0.2) is 10.4 Å². The van der Waals surface area contributed by atoms with Crippen LogP contribution in [0.5, 0.6) is 5.75 Å². The van der Waals surface area contributed by atoms with Crippen LogP contribution in [0.4, 0.5) is 19.0 Å². The number of fused-ring (bicyclic) bond motifs is 1. The van der Waals surface area contributed by atoms with Gasteiger partial charge in [0.15, 0.2) is 5.92 Å². The lowest BCUT2D eigenvalue weighted by Crippen LogP contribution is -2.64. The van der Waals surface area contributed by atoms with E-state index in [1.807, 2.05) is 30.3 Å².